The van der Waals surface area contributed by atoms with Crippen molar-refractivity contribution in [3.05, 3.63) is 46.9 Å². The van der Waals surface area contributed by atoms with Gasteiger partial charge in [0.25, 0.3) is 5.89 Å². The molecule has 0 bridgehead atoms. The minimum absolute atomic E-state index is 0.101. The third kappa shape index (κ3) is 2.62. The molecule has 3 rings (SSSR count). The molecule has 0 saturated heterocycles. The Morgan fingerprint density at radius 2 is 2.00 bits per heavy atom. The summed E-state index contributed by atoms with van der Waals surface area (Å²) in [4.78, 5) is 4.31. The number of halogens is 1. The largest absolute Gasteiger partial charge is 0.507 e. The van der Waals surface area contributed by atoms with Gasteiger partial charge in [0.2, 0.25) is 5.82 Å². The van der Waals surface area contributed by atoms with Crippen molar-refractivity contribution in [2.24, 2.45) is 0 Å². The minimum atomic E-state index is 0.101. The van der Waals surface area contributed by atoms with Crippen molar-refractivity contribution in [2.45, 2.75) is 0 Å². The van der Waals surface area contributed by atoms with Gasteiger partial charge in [-0.3, -0.25) is 0 Å². The van der Waals surface area contributed by atoms with Crippen LogP contribution in [0, 0.1) is 0 Å². The van der Waals surface area contributed by atoms with E-state index in [2.05, 4.69) is 26.1 Å². The number of phenols is 1. The van der Waals surface area contributed by atoms with E-state index in [1.54, 1.807) is 31.4 Å². The Morgan fingerprint density at radius 1 is 1.19 bits per heavy atom. The summed E-state index contributed by atoms with van der Waals surface area (Å²) in [6.07, 6.45) is 0. The zero-order valence-corrected chi connectivity index (χ0v) is 12.7. The molecule has 0 aliphatic heterocycles. The Morgan fingerprint density at radius 3 is 2.71 bits per heavy atom. The van der Waals surface area contributed by atoms with Gasteiger partial charge in [-0.15, -0.1) is 0 Å². The molecule has 0 amide bonds. The van der Waals surface area contributed by atoms with Gasteiger partial charge in [0.1, 0.15) is 11.5 Å². The Hall–Kier alpha value is -2.34. The number of aromatic hydroxyl groups is 1. The van der Waals surface area contributed by atoms with E-state index in [1.807, 2.05) is 18.2 Å². The lowest BCUT2D eigenvalue weighted by molar-refractivity contribution is 0.412. The lowest BCUT2D eigenvalue weighted by Gasteiger charge is -2.03. The van der Waals surface area contributed by atoms with Crippen LogP contribution in [0.3, 0.4) is 0 Å². The number of ether oxygens (including phenoxy) is 1. The van der Waals surface area contributed by atoms with Crippen molar-refractivity contribution in [3.63, 3.8) is 0 Å². The summed E-state index contributed by atoms with van der Waals surface area (Å²) in [5.74, 6) is 1.54. The molecule has 21 heavy (non-hydrogen) atoms. The summed E-state index contributed by atoms with van der Waals surface area (Å²) in [6, 6.07) is 12.3. The minimum Gasteiger partial charge on any atom is -0.507 e. The topological polar surface area (TPSA) is 68.4 Å². The molecule has 0 spiro atoms. The van der Waals surface area contributed by atoms with Gasteiger partial charge in [0.15, 0.2) is 0 Å². The SMILES string of the molecule is COc1ccc(-c2noc(-c3ccccc3O)n2)cc1Br. The van der Waals surface area contributed by atoms with Crippen LogP contribution in [0.1, 0.15) is 0 Å². The van der Waals surface area contributed by atoms with E-state index in [0.29, 0.717) is 11.4 Å². The maximum absolute atomic E-state index is 9.80. The number of benzene rings is 2. The molecule has 0 saturated carbocycles. The van der Waals surface area contributed by atoms with E-state index in [4.69, 9.17) is 9.26 Å². The fourth-order valence-electron chi connectivity index (χ4n) is 1.91. The zero-order chi connectivity index (χ0) is 14.8. The van der Waals surface area contributed by atoms with E-state index >= 15 is 0 Å². The second kappa shape index (κ2) is 5.57. The highest BCUT2D eigenvalue weighted by molar-refractivity contribution is 9.10. The van der Waals surface area contributed by atoms with Gasteiger partial charge in [-0.1, -0.05) is 17.3 Å². The second-order valence-corrected chi connectivity index (χ2v) is 5.14. The number of rotatable bonds is 3. The number of aromatic nitrogens is 2. The molecule has 0 unspecified atom stereocenters. The van der Waals surface area contributed by atoms with Gasteiger partial charge in [-0.05, 0) is 46.3 Å². The smallest absolute Gasteiger partial charge is 0.261 e. The number of phenolic OH excluding ortho intramolecular Hbond substituents is 1. The van der Waals surface area contributed by atoms with Gasteiger partial charge in [0, 0.05) is 5.56 Å². The predicted molar refractivity (Wildman–Crippen MR) is 81.1 cm³/mol. The van der Waals surface area contributed by atoms with Crippen LogP contribution in [-0.2, 0) is 0 Å². The molecule has 5 nitrogen and oxygen atoms in total. The van der Waals surface area contributed by atoms with Crippen molar-refractivity contribution >= 4 is 15.9 Å². The standard InChI is InChI=1S/C15H11BrN2O3/c1-20-13-7-6-9(8-11(13)16)14-17-15(21-18-14)10-4-2-3-5-12(10)19/h2-8,19H,1H3. The van der Waals surface area contributed by atoms with Gasteiger partial charge >= 0.3 is 0 Å². The van der Waals surface area contributed by atoms with Crippen LogP contribution in [0.4, 0.5) is 0 Å². The van der Waals surface area contributed by atoms with Gasteiger partial charge < -0.3 is 14.4 Å². The highest BCUT2D eigenvalue weighted by Gasteiger charge is 2.14. The maximum atomic E-state index is 9.80. The van der Waals surface area contributed by atoms with Crippen molar-refractivity contribution in [1.29, 1.82) is 0 Å². The van der Waals surface area contributed by atoms with Crippen LogP contribution >= 0.6 is 15.9 Å². The van der Waals surface area contributed by atoms with Crippen molar-refractivity contribution in [2.75, 3.05) is 7.11 Å². The van der Waals surface area contributed by atoms with Crippen LogP contribution < -0.4 is 4.74 Å². The third-order valence-corrected chi connectivity index (χ3v) is 3.59. The molecular weight excluding hydrogens is 336 g/mol. The average molecular weight is 347 g/mol. The summed E-state index contributed by atoms with van der Waals surface area (Å²) >= 11 is 3.42. The molecule has 1 aromatic heterocycles. The number of hydrogen-bond donors (Lipinski definition) is 1. The maximum Gasteiger partial charge on any atom is 0.261 e. The first-order valence-corrected chi connectivity index (χ1v) is 6.94. The van der Waals surface area contributed by atoms with E-state index in [9.17, 15) is 5.11 Å². The average Bonchev–Trinajstić information content (AvgIpc) is 2.97. The summed E-state index contributed by atoms with van der Waals surface area (Å²) in [5.41, 5.74) is 1.29. The molecule has 1 N–H and O–H groups in total. The van der Waals surface area contributed by atoms with Crippen molar-refractivity contribution in [1.82, 2.24) is 10.1 Å². The molecule has 1 heterocycles. The number of methoxy groups -OCH3 is 1. The molecule has 0 aliphatic carbocycles. The normalized spacial score (nSPS) is 10.6. The first-order chi connectivity index (χ1) is 10.2. The van der Waals surface area contributed by atoms with Crippen LogP contribution in [0.15, 0.2) is 51.5 Å². The van der Waals surface area contributed by atoms with Crippen LogP contribution in [0.25, 0.3) is 22.8 Å². The lowest BCUT2D eigenvalue weighted by atomic mass is 10.2. The number of hydrogen-bond acceptors (Lipinski definition) is 5. The van der Waals surface area contributed by atoms with Gasteiger partial charge in [0.05, 0.1) is 17.1 Å². The van der Waals surface area contributed by atoms with E-state index < -0.39 is 0 Å². The molecule has 0 aliphatic rings. The van der Waals surface area contributed by atoms with E-state index in [1.165, 1.54) is 0 Å². The number of nitrogens with zero attached hydrogens (tertiary/aromatic N) is 2. The Balaban J connectivity index is 1.99. The van der Waals surface area contributed by atoms with Gasteiger partial charge in [-0.25, -0.2) is 0 Å². The first kappa shape index (κ1) is 13.6. The van der Waals surface area contributed by atoms with Crippen LogP contribution in [0.2, 0.25) is 0 Å². The Bertz CT molecular complexity index is 786. The summed E-state index contributed by atoms with van der Waals surface area (Å²) in [6.45, 7) is 0. The summed E-state index contributed by atoms with van der Waals surface area (Å²) in [5, 5.41) is 13.7. The van der Waals surface area contributed by atoms with E-state index in [0.717, 1.165) is 15.8 Å². The molecular formula is C15H11BrN2O3. The molecule has 0 radical (unpaired) electrons. The molecule has 0 atom stereocenters. The quantitative estimate of drug-likeness (QED) is 0.779. The molecule has 2 aromatic carbocycles. The Kier molecular flexibility index (Phi) is 3.62. The molecule has 3 aromatic rings. The first-order valence-electron chi connectivity index (χ1n) is 6.15. The van der Waals surface area contributed by atoms with Crippen molar-refractivity contribution in [3.8, 4) is 34.3 Å². The van der Waals surface area contributed by atoms with Crippen LogP contribution in [-0.4, -0.2) is 22.4 Å². The summed E-state index contributed by atoms with van der Waals surface area (Å²) < 4.78 is 11.2. The van der Waals surface area contributed by atoms with Crippen LogP contribution in [0.5, 0.6) is 11.5 Å². The summed E-state index contributed by atoms with van der Waals surface area (Å²) in [7, 11) is 1.60. The van der Waals surface area contributed by atoms with Gasteiger partial charge in [-0.2, -0.15) is 4.98 Å². The highest BCUT2D eigenvalue weighted by Crippen LogP contribution is 2.32. The molecule has 6 heteroatoms. The Labute approximate surface area is 129 Å². The molecule has 0 fully saturated rings. The monoisotopic (exact) mass is 346 g/mol. The second-order valence-electron chi connectivity index (χ2n) is 4.29. The zero-order valence-electron chi connectivity index (χ0n) is 11.1. The highest BCUT2D eigenvalue weighted by atomic mass is 79.9. The predicted octanol–water partition coefficient (Wildman–Crippen LogP) is 3.88. The lowest BCUT2D eigenvalue weighted by Crippen LogP contribution is -1.86. The molecule has 106 valence electrons. The van der Waals surface area contributed by atoms with Crippen molar-refractivity contribution < 1.29 is 14.4 Å². The third-order valence-electron chi connectivity index (χ3n) is 2.97. The van der Waals surface area contributed by atoms with E-state index in [-0.39, 0.29) is 11.6 Å². The fourth-order valence-corrected chi connectivity index (χ4v) is 2.45. The fraction of sp³-hybridized carbons (Fsp3) is 0.0667. The number of para-hydroxylation sites is 1.